The number of nitrogen functional groups attached to an aromatic ring is 1. The molecule has 0 aromatic heterocycles. The summed E-state index contributed by atoms with van der Waals surface area (Å²) in [6, 6.07) is 8.34. The lowest BCUT2D eigenvalue weighted by molar-refractivity contribution is 0.598. The maximum absolute atomic E-state index is 13.8. The van der Waals surface area contributed by atoms with E-state index in [-0.39, 0.29) is 27.0 Å². The molecule has 0 aliphatic carbocycles. The fourth-order valence-corrected chi connectivity index (χ4v) is 2.38. The van der Waals surface area contributed by atoms with E-state index in [1.807, 2.05) is 0 Å². The maximum Gasteiger partial charge on any atom is 0.238 e. The molecule has 20 heavy (non-hydrogen) atoms. The zero-order chi connectivity index (χ0) is 14.9. The molecule has 0 radical (unpaired) electrons. The van der Waals surface area contributed by atoms with Crippen LogP contribution in [0.5, 0.6) is 0 Å². The highest BCUT2D eigenvalue weighted by atomic mass is 35.5. The number of anilines is 3. The molecule has 0 aliphatic rings. The third-order valence-corrected chi connectivity index (χ3v) is 3.67. The lowest BCUT2D eigenvalue weighted by atomic mass is 10.2. The molecule has 106 valence electrons. The van der Waals surface area contributed by atoms with Crippen LogP contribution < -0.4 is 16.2 Å². The van der Waals surface area contributed by atoms with Crippen LogP contribution in [0.2, 0.25) is 5.02 Å². The van der Waals surface area contributed by atoms with Gasteiger partial charge in [0.25, 0.3) is 0 Å². The number of halogens is 2. The Kier molecular flexibility index (Phi) is 3.85. The maximum atomic E-state index is 13.8. The fraction of sp³-hybridized carbons (Fsp3) is 0. The van der Waals surface area contributed by atoms with Crippen molar-refractivity contribution < 1.29 is 12.8 Å². The number of sulfonamides is 1. The molecule has 8 heteroatoms. The van der Waals surface area contributed by atoms with Crippen LogP contribution in [0.3, 0.4) is 0 Å². The van der Waals surface area contributed by atoms with E-state index in [0.717, 1.165) is 0 Å². The number of rotatable bonds is 3. The van der Waals surface area contributed by atoms with Crippen LogP contribution in [-0.2, 0) is 10.0 Å². The average molecular weight is 316 g/mol. The summed E-state index contributed by atoms with van der Waals surface area (Å²) >= 11 is 5.66. The molecule has 0 aliphatic heterocycles. The van der Waals surface area contributed by atoms with E-state index in [9.17, 15) is 12.8 Å². The van der Waals surface area contributed by atoms with Gasteiger partial charge in [-0.05, 0) is 30.3 Å². The van der Waals surface area contributed by atoms with E-state index in [1.165, 1.54) is 30.3 Å². The van der Waals surface area contributed by atoms with Crippen molar-refractivity contribution in [1.29, 1.82) is 0 Å². The predicted molar refractivity (Wildman–Crippen MR) is 76.9 cm³/mol. The van der Waals surface area contributed by atoms with Crippen molar-refractivity contribution in [2.75, 3.05) is 11.1 Å². The summed E-state index contributed by atoms with van der Waals surface area (Å²) in [5.74, 6) is -0.645. The molecule has 0 atom stereocenters. The first-order valence-corrected chi connectivity index (χ1v) is 7.34. The fourth-order valence-electron chi connectivity index (χ4n) is 1.61. The van der Waals surface area contributed by atoms with E-state index in [0.29, 0.717) is 0 Å². The minimum absolute atomic E-state index is 0.0504. The number of hydrogen-bond acceptors (Lipinski definition) is 4. The lowest BCUT2D eigenvalue weighted by Crippen LogP contribution is -2.12. The first kappa shape index (κ1) is 14.6. The molecular formula is C12H11ClFN3O2S. The van der Waals surface area contributed by atoms with Crippen molar-refractivity contribution >= 4 is 38.7 Å². The third-order valence-electron chi connectivity index (χ3n) is 2.49. The van der Waals surface area contributed by atoms with Crippen molar-refractivity contribution in [3.05, 3.63) is 47.2 Å². The van der Waals surface area contributed by atoms with E-state index in [1.54, 1.807) is 6.07 Å². The van der Waals surface area contributed by atoms with Crippen LogP contribution in [0.4, 0.5) is 21.5 Å². The molecule has 0 bridgehead atoms. The highest BCUT2D eigenvalue weighted by Crippen LogP contribution is 2.27. The van der Waals surface area contributed by atoms with Gasteiger partial charge in [-0.25, -0.2) is 17.9 Å². The largest absolute Gasteiger partial charge is 0.399 e. The summed E-state index contributed by atoms with van der Waals surface area (Å²) in [6.07, 6.45) is 0. The van der Waals surface area contributed by atoms with Gasteiger partial charge in [-0.2, -0.15) is 0 Å². The molecule has 0 unspecified atom stereocenters. The number of primary sulfonamides is 1. The minimum atomic E-state index is -3.90. The van der Waals surface area contributed by atoms with Gasteiger partial charge >= 0.3 is 0 Å². The van der Waals surface area contributed by atoms with Crippen molar-refractivity contribution in [2.45, 2.75) is 4.90 Å². The Labute approximate surface area is 120 Å². The second-order valence-electron chi connectivity index (χ2n) is 4.06. The van der Waals surface area contributed by atoms with E-state index < -0.39 is 15.8 Å². The van der Waals surface area contributed by atoms with Gasteiger partial charge in [0.1, 0.15) is 0 Å². The van der Waals surface area contributed by atoms with Gasteiger partial charge in [0.05, 0.1) is 15.6 Å². The third kappa shape index (κ3) is 3.19. The standard InChI is InChI=1S/C12H11ClFN3O2S/c13-10-2-1-3-11(12(10)14)17-8-4-7(15)5-9(6-8)20(16,18)19/h1-6,17H,15H2,(H2,16,18,19). The van der Waals surface area contributed by atoms with Crippen LogP contribution in [0, 0.1) is 5.82 Å². The minimum Gasteiger partial charge on any atom is -0.399 e. The number of benzene rings is 2. The predicted octanol–water partition coefficient (Wildman–Crippen LogP) is 2.45. The number of nitrogens with one attached hydrogen (secondary N) is 1. The van der Waals surface area contributed by atoms with Crippen LogP contribution in [0.15, 0.2) is 41.3 Å². The van der Waals surface area contributed by atoms with E-state index in [2.05, 4.69) is 5.32 Å². The first-order valence-electron chi connectivity index (χ1n) is 5.42. The van der Waals surface area contributed by atoms with Crippen molar-refractivity contribution in [3.8, 4) is 0 Å². The summed E-state index contributed by atoms with van der Waals surface area (Å²) in [7, 11) is -3.90. The van der Waals surface area contributed by atoms with Crippen LogP contribution in [0.1, 0.15) is 0 Å². The molecule has 0 saturated carbocycles. The second kappa shape index (κ2) is 5.28. The van der Waals surface area contributed by atoms with Gasteiger partial charge < -0.3 is 11.1 Å². The van der Waals surface area contributed by atoms with Gasteiger partial charge in [-0.1, -0.05) is 17.7 Å². The molecule has 5 N–H and O–H groups in total. The molecule has 2 aromatic rings. The summed E-state index contributed by atoms with van der Waals surface area (Å²) in [5, 5.41) is 7.69. The van der Waals surface area contributed by atoms with Crippen molar-refractivity contribution in [2.24, 2.45) is 5.14 Å². The zero-order valence-electron chi connectivity index (χ0n) is 10.1. The summed E-state index contributed by atoms with van der Waals surface area (Å²) < 4.78 is 36.4. The van der Waals surface area contributed by atoms with Gasteiger partial charge in [-0.15, -0.1) is 0 Å². The Bertz CT molecular complexity index is 765. The number of nitrogens with two attached hydrogens (primary N) is 2. The quantitative estimate of drug-likeness (QED) is 0.758. The Balaban J connectivity index is 2.44. The lowest BCUT2D eigenvalue weighted by Gasteiger charge is -2.10. The van der Waals surface area contributed by atoms with Crippen molar-refractivity contribution in [3.63, 3.8) is 0 Å². The molecule has 0 amide bonds. The van der Waals surface area contributed by atoms with Crippen molar-refractivity contribution in [1.82, 2.24) is 0 Å². The summed E-state index contributed by atoms with van der Waals surface area (Å²) in [4.78, 5) is -0.164. The SMILES string of the molecule is Nc1cc(Nc2cccc(Cl)c2F)cc(S(N)(=O)=O)c1. The number of hydrogen-bond donors (Lipinski definition) is 3. The van der Waals surface area contributed by atoms with E-state index >= 15 is 0 Å². The summed E-state index contributed by atoms with van der Waals surface area (Å²) in [6.45, 7) is 0. The molecule has 5 nitrogen and oxygen atoms in total. The Hall–Kier alpha value is -1.83. The monoisotopic (exact) mass is 315 g/mol. The zero-order valence-corrected chi connectivity index (χ0v) is 11.7. The molecule has 0 saturated heterocycles. The second-order valence-corrected chi connectivity index (χ2v) is 6.03. The first-order chi connectivity index (χ1) is 9.27. The van der Waals surface area contributed by atoms with Gasteiger partial charge in [0.2, 0.25) is 10.0 Å². The molecular weight excluding hydrogens is 305 g/mol. The topological polar surface area (TPSA) is 98.2 Å². The average Bonchev–Trinajstić information content (AvgIpc) is 2.33. The Morgan fingerprint density at radius 1 is 1.20 bits per heavy atom. The molecule has 0 fully saturated rings. The Morgan fingerprint density at radius 3 is 2.55 bits per heavy atom. The Morgan fingerprint density at radius 2 is 1.90 bits per heavy atom. The van der Waals surface area contributed by atoms with Crippen LogP contribution in [-0.4, -0.2) is 8.42 Å². The van der Waals surface area contributed by atoms with E-state index in [4.69, 9.17) is 22.5 Å². The van der Waals surface area contributed by atoms with Crippen LogP contribution >= 0.6 is 11.6 Å². The normalized spacial score (nSPS) is 11.3. The molecule has 0 spiro atoms. The highest BCUT2D eigenvalue weighted by molar-refractivity contribution is 7.89. The van der Waals surface area contributed by atoms with Gasteiger partial charge in [0, 0.05) is 11.4 Å². The highest BCUT2D eigenvalue weighted by Gasteiger charge is 2.12. The smallest absolute Gasteiger partial charge is 0.238 e. The molecule has 2 rings (SSSR count). The molecule has 0 heterocycles. The van der Waals surface area contributed by atoms with Crippen LogP contribution in [0.25, 0.3) is 0 Å². The van der Waals surface area contributed by atoms with Gasteiger partial charge in [-0.3, -0.25) is 0 Å². The van der Waals surface area contributed by atoms with Gasteiger partial charge in [0.15, 0.2) is 5.82 Å². The summed E-state index contributed by atoms with van der Waals surface area (Å²) in [5.41, 5.74) is 6.17. The molecule has 2 aromatic carbocycles.